The van der Waals surface area contributed by atoms with Crippen LogP contribution < -0.4 is 15.4 Å². The largest absolute Gasteiger partial charge is 0.480 e. The van der Waals surface area contributed by atoms with Gasteiger partial charge in [-0.2, -0.15) is 0 Å². The molecule has 1 atom stereocenters. The van der Waals surface area contributed by atoms with Crippen LogP contribution in [-0.4, -0.2) is 49.2 Å². The Hall–Kier alpha value is -3.08. The zero-order valence-electron chi connectivity index (χ0n) is 15.5. The highest BCUT2D eigenvalue weighted by molar-refractivity contribution is 7.90. The van der Waals surface area contributed by atoms with E-state index in [-0.39, 0.29) is 28.7 Å². The number of rotatable bonds is 7. The summed E-state index contributed by atoms with van der Waals surface area (Å²) in [5, 5.41) is 12.7. The third-order valence-electron chi connectivity index (χ3n) is 3.56. The fourth-order valence-electron chi connectivity index (χ4n) is 2.40. The normalized spacial score (nSPS) is 12.1. The molecule has 0 aliphatic carbocycles. The van der Waals surface area contributed by atoms with Crippen molar-refractivity contribution in [3.8, 4) is 5.88 Å². The third kappa shape index (κ3) is 5.98. The van der Waals surface area contributed by atoms with E-state index in [1.54, 1.807) is 0 Å². The first kappa shape index (κ1) is 21.2. The molecule has 2 rings (SSSR count). The summed E-state index contributed by atoms with van der Waals surface area (Å²) in [5.41, 5.74) is 0.269. The molecule has 0 aliphatic heterocycles. The van der Waals surface area contributed by atoms with Crippen LogP contribution in [0.25, 0.3) is 0 Å². The summed E-state index contributed by atoms with van der Waals surface area (Å²) in [6.45, 7) is 1.42. The van der Waals surface area contributed by atoms with Gasteiger partial charge in [-0.15, -0.1) is 0 Å². The summed E-state index contributed by atoms with van der Waals surface area (Å²) >= 11 is 0. The topological polar surface area (TPSA) is 134 Å². The lowest BCUT2D eigenvalue weighted by atomic mass is 10.1. The Labute approximate surface area is 161 Å². The number of aromatic nitrogens is 2. The molecule has 1 unspecified atom stereocenters. The minimum Gasteiger partial charge on any atom is -0.480 e. The molecular formula is C17H20FN5O4S. The van der Waals surface area contributed by atoms with Gasteiger partial charge < -0.3 is 15.4 Å². The predicted molar refractivity (Wildman–Crippen MR) is 102 cm³/mol. The van der Waals surface area contributed by atoms with Crippen LogP contribution in [0.15, 0.2) is 30.6 Å². The second kappa shape index (κ2) is 8.74. The summed E-state index contributed by atoms with van der Waals surface area (Å²) in [6.07, 6.45) is 3.53. The van der Waals surface area contributed by atoms with Crippen molar-refractivity contribution < 1.29 is 22.3 Å². The van der Waals surface area contributed by atoms with Gasteiger partial charge in [0, 0.05) is 17.5 Å². The molecule has 0 saturated carbocycles. The highest BCUT2D eigenvalue weighted by Gasteiger charge is 2.22. The lowest BCUT2D eigenvalue weighted by Gasteiger charge is -2.20. The number of ether oxygens (including phenoxy) is 1. The first-order valence-corrected chi connectivity index (χ1v) is 10.1. The molecule has 28 heavy (non-hydrogen) atoms. The van der Waals surface area contributed by atoms with Crippen molar-refractivity contribution in [3.63, 3.8) is 0 Å². The van der Waals surface area contributed by atoms with Crippen molar-refractivity contribution in [1.29, 1.82) is 5.41 Å². The van der Waals surface area contributed by atoms with Crippen molar-refractivity contribution >= 4 is 27.3 Å². The molecule has 150 valence electrons. The number of benzene rings is 1. The Morgan fingerprint density at radius 3 is 2.57 bits per heavy atom. The van der Waals surface area contributed by atoms with E-state index in [1.165, 1.54) is 38.6 Å². The Bertz CT molecular complexity index is 980. The third-order valence-corrected chi connectivity index (χ3v) is 4.50. The Morgan fingerprint density at radius 1 is 1.32 bits per heavy atom. The molecule has 1 heterocycles. The first-order valence-electron chi connectivity index (χ1n) is 8.05. The van der Waals surface area contributed by atoms with E-state index >= 15 is 0 Å². The molecule has 0 saturated heterocycles. The molecule has 1 aromatic carbocycles. The van der Waals surface area contributed by atoms with Crippen LogP contribution in [0.3, 0.4) is 0 Å². The van der Waals surface area contributed by atoms with Crippen molar-refractivity contribution in [1.82, 2.24) is 15.3 Å². The van der Waals surface area contributed by atoms with E-state index in [1.807, 2.05) is 0 Å². The van der Waals surface area contributed by atoms with Gasteiger partial charge in [0.25, 0.3) is 5.91 Å². The Balaban J connectivity index is 2.29. The van der Waals surface area contributed by atoms with Gasteiger partial charge in [-0.1, -0.05) is 0 Å². The Morgan fingerprint density at radius 2 is 2.04 bits per heavy atom. The zero-order valence-corrected chi connectivity index (χ0v) is 16.3. The van der Waals surface area contributed by atoms with Gasteiger partial charge in [0.2, 0.25) is 5.88 Å². The number of carbonyl (C=O) groups excluding carboxylic acids is 1. The highest BCUT2D eigenvalue weighted by Crippen LogP contribution is 2.23. The second-order valence-electron chi connectivity index (χ2n) is 6.05. The van der Waals surface area contributed by atoms with Crippen LogP contribution in [-0.2, 0) is 9.84 Å². The standard InChI is InChI=1S/C17H20FN5O4S/c1-10(19)22-15(9-28(3,25)26)12-6-11(4-5-13(12)18)23-17(24)14-7-21-16(27-2)8-20-14/h4-8,15H,9H2,1-3H3,(H2,19,22)(H,23,24). The van der Waals surface area contributed by atoms with E-state index in [4.69, 9.17) is 10.1 Å². The quantitative estimate of drug-likeness (QED) is 0.466. The van der Waals surface area contributed by atoms with E-state index in [0.717, 1.165) is 12.3 Å². The number of hydrogen-bond donors (Lipinski definition) is 3. The van der Waals surface area contributed by atoms with E-state index in [9.17, 15) is 17.6 Å². The number of nitrogens with one attached hydrogen (secondary N) is 3. The van der Waals surface area contributed by atoms with E-state index in [0.29, 0.717) is 0 Å². The smallest absolute Gasteiger partial charge is 0.275 e. The Kier molecular flexibility index (Phi) is 6.62. The van der Waals surface area contributed by atoms with Crippen LogP contribution in [0, 0.1) is 11.2 Å². The maximum atomic E-state index is 14.3. The number of anilines is 1. The molecule has 0 bridgehead atoms. The minimum absolute atomic E-state index is 0.00985. The molecule has 0 fully saturated rings. The molecule has 1 amide bonds. The fourth-order valence-corrected chi connectivity index (χ4v) is 3.26. The monoisotopic (exact) mass is 409 g/mol. The number of carbonyl (C=O) groups is 1. The van der Waals surface area contributed by atoms with Gasteiger partial charge in [0.15, 0.2) is 0 Å². The SMILES string of the molecule is COc1cnc(C(=O)Nc2ccc(F)c(C(CS(C)(=O)=O)NC(C)=N)c2)cn1. The number of amides is 1. The van der Waals surface area contributed by atoms with Gasteiger partial charge in [0.1, 0.15) is 21.3 Å². The van der Waals surface area contributed by atoms with Crippen LogP contribution in [0.5, 0.6) is 5.88 Å². The maximum Gasteiger partial charge on any atom is 0.275 e. The molecule has 0 aliphatic rings. The fraction of sp³-hybridized carbons (Fsp3) is 0.294. The van der Waals surface area contributed by atoms with Gasteiger partial charge in [-0.05, 0) is 25.1 Å². The van der Waals surface area contributed by atoms with Gasteiger partial charge in [-0.3, -0.25) is 10.2 Å². The number of halogens is 1. The molecule has 2 aromatic rings. The van der Waals surface area contributed by atoms with Crippen molar-refractivity contribution in [2.75, 3.05) is 24.4 Å². The van der Waals surface area contributed by atoms with Crippen LogP contribution in [0.4, 0.5) is 10.1 Å². The zero-order chi connectivity index (χ0) is 20.9. The van der Waals surface area contributed by atoms with E-state index < -0.39 is 33.4 Å². The van der Waals surface area contributed by atoms with Crippen LogP contribution >= 0.6 is 0 Å². The molecule has 3 N–H and O–H groups in total. The number of sulfone groups is 1. The summed E-state index contributed by atoms with van der Waals surface area (Å²) in [6, 6.07) is 2.78. The lowest BCUT2D eigenvalue weighted by molar-refractivity contribution is 0.102. The van der Waals surface area contributed by atoms with Crippen molar-refractivity contribution in [2.45, 2.75) is 13.0 Å². The number of hydrogen-bond acceptors (Lipinski definition) is 7. The summed E-state index contributed by atoms with van der Waals surface area (Å²) < 4.78 is 42.6. The number of nitrogens with zero attached hydrogens (tertiary/aromatic N) is 2. The van der Waals surface area contributed by atoms with Gasteiger partial charge in [0.05, 0.1) is 37.1 Å². The average molecular weight is 409 g/mol. The molecular weight excluding hydrogens is 389 g/mol. The van der Waals surface area contributed by atoms with E-state index in [2.05, 4.69) is 20.6 Å². The maximum absolute atomic E-state index is 14.3. The summed E-state index contributed by atoms with van der Waals surface area (Å²) in [5.74, 6) is -1.43. The minimum atomic E-state index is -3.46. The van der Waals surface area contributed by atoms with Gasteiger partial charge in [-0.25, -0.2) is 22.8 Å². The lowest BCUT2D eigenvalue weighted by Crippen LogP contribution is -2.31. The van der Waals surface area contributed by atoms with Crippen molar-refractivity contribution in [3.05, 3.63) is 47.7 Å². The predicted octanol–water partition coefficient (Wildman–Crippen LogP) is 1.55. The molecule has 0 spiro atoms. The molecule has 11 heteroatoms. The van der Waals surface area contributed by atoms with Crippen molar-refractivity contribution in [2.24, 2.45) is 0 Å². The second-order valence-corrected chi connectivity index (χ2v) is 8.23. The van der Waals surface area contributed by atoms with Crippen LogP contribution in [0.2, 0.25) is 0 Å². The molecule has 9 nitrogen and oxygen atoms in total. The van der Waals surface area contributed by atoms with Crippen LogP contribution in [0.1, 0.15) is 29.0 Å². The summed E-state index contributed by atoms with van der Waals surface area (Å²) in [4.78, 5) is 20.1. The number of amidine groups is 1. The molecule has 0 radical (unpaired) electrons. The number of methoxy groups -OCH3 is 1. The average Bonchev–Trinajstić information content (AvgIpc) is 2.61. The highest BCUT2D eigenvalue weighted by atomic mass is 32.2. The first-order chi connectivity index (χ1) is 13.1. The molecule has 1 aromatic heterocycles. The summed E-state index contributed by atoms with van der Waals surface area (Å²) in [7, 11) is -2.05. The van der Waals surface area contributed by atoms with Gasteiger partial charge >= 0.3 is 0 Å².